The summed E-state index contributed by atoms with van der Waals surface area (Å²) < 4.78 is 10.9. The standard InChI is InChI=1S/C14H17N3O5S/c1-8(19)21-13-11(16-17-15)12(20)10(7-18)22-14(13)23-9-5-3-2-4-6-9/h2-6,10-14,18,20H,7H2,1H3/t10?,11-,12?,13?,14-/m0/s1. The topological polar surface area (TPSA) is 125 Å². The van der Waals surface area contributed by atoms with Crippen LogP contribution in [-0.4, -0.2) is 52.6 Å². The molecule has 3 unspecified atom stereocenters. The van der Waals surface area contributed by atoms with Gasteiger partial charge in [-0.25, -0.2) is 0 Å². The number of aliphatic hydroxyl groups excluding tert-OH is 2. The molecule has 9 heteroatoms. The minimum Gasteiger partial charge on any atom is -0.458 e. The third-order valence-electron chi connectivity index (χ3n) is 3.31. The van der Waals surface area contributed by atoms with Crippen LogP contribution in [0.5, 0.6) is 0 Å². The average Bonchev–Trinajstić information content (AvgIpc) is 2.54. The van der Waals surface area contributed by atoms with Gasteiger partial charge in [0.1, 0.15) is 23.7 Å². The monoisotopic (exact) mass is 339 g/mol. The summed E-state index contributed by atoms with van der Waals surface area (Å²) >= 11 is 1.26. The molecule has 124 valence electrons. The molecule has 0 bridgehead atoms. The molecule has 0 saturated carbocycles. The Hall–Kier alpha value is -1.77. The molecule has 1 aliphatic heterocycles. The first-order valence-electron chi connectivity index (χ1n) is 6.94. The summed E-state index contributed by atoms with van der Waals surface area (Å²) in [5, 5.41) is 23.1. The minimum absolute atomic E-state index is 0.447. The number of nitrogens with zero attached hydrogens (tertiary/aromatic N) is 3. The molecule has 1 aromatic rings. The number of carbonyl (C=O) groups is 1. The first kappa shape index (κ1) is 17.6. The molecule has 0 spiro atoms. The van der Waals surface area contributed by atoms with Crippen LogP contribution in [0.2, 0.25) is 0 Å². The number of aliphatic hydroxyl groups is 2. The van der Waals surface area contributed by atoms with E-state index >= 15 is 0 Å². The van der Waals surface area contributed by atoms with Gasteiger partial charge in [-0.15, -0.1) is 0 Å². The highest BCUT2D eigenvalue weighted by molar-refractivity contribution is 7.99. The third kappa shape index (κ3) is 4.37. The first-order valence-corrected chi connectivity index (χ1v) is 7.82. The predicted octanol–water partition coefficient (Wildman–Crippen LogP) is 1.47. The highest BCUT2D eigenvalue weighted by atomic mass is 32.2. The van der Waals surface area contributed by atoms with Crippen molar-refractivity contribution in [2.45, 2.75) is 41.6 Å². The van der Waals surface area contributed by atoms with Gasteiger partial charge in [0.05, 0.1) is 12.7 Å². The van der Waals surface area contributed by atoms with E-state index < -0.39 is 42.4 Å². The smallest absolute Gasteiger partial charge is 0.303 e. The molecule has 2 rings (SSSR count). The maximum atomic E-state index is 11.4. The van der Waals surface area contributed by atoms with Crippen molar-refractivity contribution in [2.75, 3.05) is 6.61 Å². The summed E-state index contributed by atoms with van der Waals surface area (Å²) in [5.41, 5.74) is 8.00. The zero-order valence-corrected chi connectivity index (χ0v) is 13.2. The molecule has 0 aromatic heterocycles. The normalized spacial score (nSPS) is 30.3. The van der Waals surface area contributed by atoms with E-state index in [2.05, 4.69) is 10.0 Å². The van der Waals surface area contributed by atoms with Crippen molar-refractivity contribution < 1.29 is 24.5 Å². The number of azide groups is 1. The van der Waals surface area contributed by atoms with Crippen molar-refractivity contribution in [3.8, 4) is 0 Å². The fourth-order valence-corrected chi connectivity index (χ4v) is 3.43. The van der Waals surface area contributed by atoms with E-state index in [1.807, 2.05) is 30.3 Å². The van der Waals surface area contributed by atoms with Crippen LogP contribution in [-0.2, 0) is 14.3 Å². The first-order chi connectivity index (χ1) is 11.1. The lowest BCUT2D eigenvalue weighted by Crippen LogP contribution is -2.57. The fourth-order valence-electron chi connectivity index (χ4n) is 2.30. The Labute approximate surface area is 137 Å². The lowest BCUT2D eigenvalue weighted by molar-refractivity contribution is -0.184. The van der Waals surface area contributed by atoms with Crippen LogP contribution in [0.15, 0.2) is 40.3 Å². The SMILES string of the molecule is CC(=O)OC1[C@@H](N=[N+]=[N-])C(O)C(CO)O[C@H]1Sc1ccccc1. The van der Waals surface area contributed by atoms with Gasteiger partial charge in [0, 0.05) is 16.7 Å². The maximum Gasteiger partial charge on any atom is 0.303 e. The van der Waals surface area contributed by atoms with Crippen LogP contribution < -0.4 is 0 Å². The molecular formula is C14H17N3O5S. The van der Waals surface area contributed by atoms with Crippen LogP contribution >= 0.6 is 11.8 Å². The molecule has 23 heavy (non-hydrogen) atoms. The van der Waals surface area contributed by atoms with Gasteiger partial charge in [-0.3, -0.25) is 4.79 Å². The highest BCUT2D eigenvalue weighted by Gasteiger charge is 2.47. The number of carbonyl (C=O) groups excluding carboxylic acids is 1. The largest absolute Gasteiger partial charge is 0.458 e. The summed E-state index contributed by atoms with van der Waals surface area (Å²) in [6, 6.07) is 8.19. The van der Waals surface area contributed by atoms with Crippen molar-refractivity contribution in [1.29, 1.82) is 0 Å². The van der Waals surface area contributed by atoms with Gasteiger partial charge in [0.2, 0.25) is 0 Å². The summed E-state index contributed by atoms with van der Waals surface area (Å²) in [7, 11) is 0. The van der Waals surface area contributed by atoms with E-state index in [1.54, 1.807) is 0 Å². The second-order valence-corrected chi connectivity index (χ2v) is 6.09. The van der Waals surface area contributed by atoms with Gasteiger partial charge in [0.15, 0.2) is 0 Å². The zero-order valence-electron chi connectivity index (χ0n) is 12.3. The molecule has 1 fully saturated rings. The van der Waals surface area contributed by atoms with Crippen molar-refractivity contribution in [3.63, 3.8) is 0 Å². The molecule has 0 aliphatic carbocycles. The zero-order chi connectivity index (χ0) is 16.8. The second-order valence-electron chi connectivity index (χ2n) is 4.92. The van der Waals surface area contributed by atoms with Gasteiger partial charge >= 0.3 is 5.97 Å². The number of hydrogen-bond acceptors (Lipinski definition) is 7. The number of rotatable bonds is 5. The fraction of sp³-hybridized carbons (Fsp3) is 0.500. The van der Waals surface area contributed by atoms with Crippen molar-refractivity contribution >= 4 is 17.7 Å². The van der Waals surface area contributed by atoms with Crippen LogP contribution in [0.1, 0.15) is 6.92 Å². The number of benzene rings is 1. The Bertz CT molecular complexity index is 581. The van der Waals surface area contributed by atoms with Crippen LogP contribution in [0, 0.1) is 0 Å². The Balaban J connectivity index is 2.30. The number of esters is 1. The van der Waals surface area contributed by atoms with E-state index in [0.717, 1.165) is 4.90 Å². The van der Waals surface area contributed by atoms with Gasteiger partial charge in [-0.2, -0.15) is 0 Å². The van der Waals surface area contributed by atoms with Crippen LogP contribution in [0.3, 0.4) is 0 Å². The quantitative estimate of drug-likeness (QED) is 0.362. The average molecular weight is 339 g/mol. The second kappa shape index (κ2) is 8.19. The summed E-state index contributed by atoms with van der Waals surface area (Å²) in [4.78, 5) is 14.9. The lowest BCUT2D eigenvalue weighted by Gasteiger charge is -2.41. The summed E-state index contributed by atoms with van der Waals surface area (Å²) in [6.45, 7) is 0.777. The molecule has 1 heterocycles. The third-order valence-corrected chi connectivity index (χ3v) is 4.46. The molecular weight excluding hydrogens is 322 g/mol. The maximum absolute atomic E-state index is 11.4. The molecule has 1 aromatic carbocycles. The molecule has 0 radical (unpaired) electrons. The number of ether oxygens (including phenoxy) is 2. The number of hydrogen-bond donors (Lipinski definition) is 2. The Morgan fingerprint density at radius 3 is 2.74 bits per heavy atom. The molecule has 0 amide bonds. The highest BCUT2D eigenvalue weighted by Crippen LogP contribution is 2.36. The van der Waals surface area contributed by atoms with Gasteiger partial charge in [0.25, 0.3) is 0 Å². The molecule has 1 saturated heterocycles. The minimum atomic E-state index is -1.27. The van der Waals surface area contributed by atoms with E-state index in [-0.39, 0.29) is 0 Å². The predicted molar refractivity (Wildman–Crippen MR) is 82.5 cm³/mol. The van der Waals surface area contributed by atoms with E-state index in [1.165, 1.54) is 18.7 Å². The van der Waals surface area contributed by atoms with Crippen LogP contribution in [0.4, 0.5) is 0 Å². The van der Waals surface area contributed by atoms with E-state index in [0.29, 0.717) is 0 Å². The number of thioether (sulfide) groups is 1. The van der Waals surface area contributed by atoms with E-state index in [9.17, 15) is 15.0 Å². The Morgan fingerprint density at radius 1 is 1.48 bits per heavy atom. The van der Waals surface area contributed by atoms with Gasteiger partial charge < -0.3 is 19.7 Å². The van der Waals surface area contributed by atoms with Gasteiger partial charge in [-0.1, -0.05) is 35.1 Å². The molecule has 1 aliphatic rings. The van der Waals surface area contributed by atoms with Crippen molar-refractivity contribution in [1.82, 2.24) is 0 Å². The van der Waals surface area contributed by atoms with Crippen LogP contribution in [0.25, 0.3) is 10.4 Å². The molecule has 2 N–H and O–H groups in total. The summed E-state index contributed by atoms with van der Waals surface area (Å²) in [5.74, 6) is -0.579. The Kier molecular flexibility index (Phi) is 6.26. The Morgan fingerprint density at radius 2 is 2.17 bits per heavy atom. The summed E-state index contributed by atoms with van der Waals surface area (Å²) in [6.07, 6.45) is -3.17. The lowest BCUT2D eigenvalue weighted by atomic mass is 9.98. The van der Waals surface area contributed by atoms with E-state index in [4.69, 9.17) is 15.0 Å². The molecule has 5 atom stereocenters. The van der Waals surface area contributed by atoms with Crippen molar-refractivity contribution in [2.24, 2.45) is 5.11 Å². The molecule has 8 nitrogen and oxygen atoms in total. The van der Waals surface area contributed by atoms with Crippen molar-refractivity contribution in [3.05, 3.63) is 40.8 Å². The van der Waals surface area contributed by atoms with Gasteiger partial charge in [-0.05, 0) is 17.7 Å².